The molecule has 0 saturated carbocycles. The van der Waals surface area contributed by atoms with Crippen LogP contribution in [0.15, 0.2) is 54.9 Å². The highest BCUT2D eigenvalue weighted by molar-refractivity contribution is 6.02. The van der Waals surface area contributed by atoms with E-state index >= 15 is 0 Å². The SMILES string of the molecule is CC(C)(C)OC(=O)NCC(=O)N(C(=O)[C@@H](N)Cc1cccnc1)[C@@H](CO)C(=O)OCc1ccccc1. The Morgan fingerprint density at radius 3 is 2.33 bits per heavy atom. The Morgan fingerprint density at radius 2 is 1.75 bits per heavy atom. The van der Waals surface area contributed by atoms with Crippen LogP contribution in [-0.4, -0.2) is 69.7 Å². The zero-order valence-electron chi connectivity index (χ0n) is 20.5. The van der Waals surface area contributed by atoms with Gasteiger partial charge in [-0.1, -0.05) is 36.4 Å². The van der Waals surface area contributed by atoms with Gasteiger partial charge in [-0.15, -0.1) is 0 Å². The molecule has 2 rings (SSSR count). The number of ether oxygens (including phenoxy) is 2. The molecule has 0 aliphatic carbocycles. The van der Waals surface area contributed by atoms with E-state index in [1.165, 1.54) is 6.20 Å². The van der Waals surface area contributed by atoms with Crippen molar-refractivity contribution in [2.24, 2.45) is 5.73 Å². The minimum Gasteiger partial charge on any atom is -0.459 e. The van der Waals surface area contributed by atoms with Crippen molar-refractivity contribution < 1.29 is 33.8 Å². The maximum atomic E-state index is 13.2. The molecule has 36 heavy (non-hydrogen) atoms. The normalized spacial score (nSPS) is 12.7. The Bertz CT molecular complexity index is 1030. The number of rotatable bonds is 10. The van der Waals surface area contributed by atoms with Crippen molar-refractivity contribution in [3.8, 4) is 0 Å². The number of nitrogens with one attached hydrogen (secondary N) is 1. The van der Waals surface area contributed by atoms with E-state index < -0.39 is 54.7 Å². The molecule has 11 heteroatoms. The van der Waals surface area contributed by atoms with Crippen LogP contribution in [0.3, 0.4) is 0 Å². The van der Waals surface area contributed by atoms with E-state index in [0.717, 1.165) is 0 Å². The number of nitrogens with two attached hydrogens (primary N) is 1. The lowest BCUT2D eigenvalue weighted by Gasteiger charge is -2.30. The number of hydrogen-bond donors (Lipinski definition) is 3. The predicted octanol–water partition coefficient (Wildman–Crippen LogP) is 0.936. The van der Waals surface area contributed by atoms with Gasteiger partial charge in [-0.25, -0.2) is 9.59 Å². The zero-order chi connectivity index (χ0) is 26.7. The summed E-state index contributed by atoms with van der Waals surface area (Å²) in [6, 6.07) is 9.21. The fourth-order valence-electron chi connectivity index (χ4n) is 3.12. The molecule has 4 N–H and O–H groups in total. The van der Waals surface area contributed by atoms with Crippen molar-refractivity contribution in [3.05, 3.63) is 66.0 Å². The summed E-state index contributed by atoms with van der Waals surface area (Å²) in [6.07, 6.45) is 2.20. The Balaban J connectivity index is 2.20. The smallest absolute Gasteiger partial charge is 0.408 e. The molecule has 0 fully saturated rings. The molecule has 0 spiro atoms. The Labute approximate surface area is 209 Å². The van der Waals surface area contributed by atoms with Crippen molar-refractivity contribution in [2.75, 3.05) is 13.2 Å². The Hall–Kier alpha value is -3.83. The quantitative estimate of drug-likeness (QED) is 0.403. The molecule has 0 radical (unpaired) electrons. The molecule has 1 heterocycles. The van der Waals surface area contributed by atoms with Crippen molar-refractivity contribution in [1.29, 1.82) is 0 Å². The van der Waals surface area contributed by atoms with Crippen LogP contribution in [0.25, 0.3) is 0 Å². The molecule has 3 amide bonds. The number of imide groups is 1. The third-order valence-electron chi connectivity index (χ3n) is 4.77. The van der Waals surface area contributed by atoms with Crippen LogP contribution in [0.1, 0.15) is 31.9 Å². The van der Waals surface area contributed by atoms with E-state index in [2.05, 4.69) is 10.3 Å². The highest BCUT2D eigenvalue weighted by Gasteiger charge is 2.38. The Kier molecular flexibility index (Phi) is 10.5. The van der Waals surface area contributed by atoms with E-state index in [9.17, 15) is 24.3 Å². The minimum absolute atomic E-state index is 0.0210. The lowest BCUT2D eigenvalue weighted by atomic mass is 10.1. The van der Waals surface area contributed by atoms with Gasteiger partial charge < -0.3 is 25.6 Å². The summed E-state index contributed by atoms with van der Waals surface area (Å²) >= 11 is 0. The highest BCUT2D eigenvalue weighted by atomic mass is 16.6. The van der Waals surface area contributed by atoms with Gasteiger partial charge in [0.1, 0.15) is 18.8 Å². The second kappa shape index (κ2) is 13.3. The van der Waals surface area contributed by atoms with Crippen LogP contribution < -0.4 is 11.1 Å². The van der Waals surface area contributed by atoms with E-state index in [1.807, 2.05) is 0 Å². The molecule has 1 aromatic heterocycles. The molecule has 2 atom stereocenters. The molecule has 0 unspecified atom stereocenters. The lowest BCUT2D eigenvalue weighted by molar-refractivity contribution is -0.164. The minimum atomic E-state index is -1.67. The second-order valence-electron chi connectivity index (χ2n) is 8.92. The van der Waals surface area contributed by atoms with Crippen molar-refractivity contribution in [3.63, 3.8) is 0 Å². The number of aliphatic hydroxyl groups excluding tert-OH is 1. The average Bonchev–Trinajstić information content (AvgIpc) is 2.84. The Morgan fingerprint density at radius 1 is 1.08 bits per heavy atom. The van der Waals surface area contributed by atoms with Gasteiger partial charge in [0.15, 0.2) is 6.04 Å². The predicted molar refractivity (Wildman–Crippen MR) is 129 cm³/mol. The molecule has 11 nitrogen and oxygen atoms in total. The van der Waals surface area contributed by atoms with Crippen molar-refractivity contribution in [1.82, 2.24) is 15.2 Å². The summed E-state index contributed by atoms with van der Waals surface area (Å²) in [7, 11) is 0. The first-order valence-corrected chi connectivity index (χ1v) is 11.3. The maximum absolute atomic E-state index is 13.2. The van der Waals surface area contributed by atoms with Crippen molar-refractivity contribution >= 4 is 23.9 Å². The van der Waals surface area contributed by atoms with Crippen molar-refractivity contribution in [2.45, 2.75) is 51.5 Å². The number of nitrogens with zero attached hydrogens (tertiary/aromatic N) is 2. The summed E-state index contributed by atoms with van der Waals surface area (Å²) in [4.78, 5) is 55.6. The monoisotopic (exact) mass is 500 g/mol. The zero-order valence-corrected chi connectivity index (χ0v) is 20.5. The molecular weight excluding hydrogens is 468 g/mol. The number of carbonyl (C=O) groups is 4. The van der Waals surface area contributed by atoms with E-state index in [4.69, 9.17) is 15.2 Å². The van der Waals surface area contributed by atoms with Crippen LogP contribution in [0.2, 0.25) is 0 Å². The molecule has 0 saturated heterocycles. The van der Waals surface area contributed by atoms with Gasteiger partial charge in [0.2, 0.25) is 11.8 Å². The molecule has 194 valence electrons. The average molecular weight is 501 g/mol. The molecule has 0 bridgehead atoms. The number of pyridine rings is 1. The lowest BCUT2D eigenvalue weighted by Crippen LogP contribution is -2.58. The van der Waals surface area contributed by atoms with Gasteiger partial charge >= 0.3 is 12.1 Å². The first-order chi connectivity index (χ1) is 17.0. The van der Waals surface area contributed by atoms with Crippen LogP contribution in [0.5, 0.6) is 0 Å². The fourth-order valence-corrected chi connectivity index (χ4v) is 3.12. The maximum Gasteiger partial charge on any atom is 0.408 e. The molecule has 1 aromatic carbocycles. The first-order valence-electron chi connectivity index (χ1n) is 11.3. The highest BCUT2D eigenvalue weighted by Crippen LogP contribution is 2.11. The third-order valence-corrected chi connectivity index (χ3v) is 4.77. The van der Waals surface area contributed by atoms with Gasteiger partial charge in [0, 0.05) is 12.4 Å². The van der Waals surface area contributed by atoms with Crippen LogP contribution in [0.4, 0.5) is 4.79 Å². The summed E-state index contributed by atoms with van der Waals surface area (Å²) in [5.41, 5.74) is 6.55. The van der Waals surface area contributed by atoms with E-state index in [1.54, 1.807) is 69.4 Å². The number of alkyl carbamates (subject to hydrolysis) is 1. The summed E-state index contributed by atoms with van der Waals surface area (Å²) in [5.74, 6) is -2.90. The van der Waals surface area contributed by atoms with E-state index in [0.29, 0.717) is 16.0 Å². The second-order valence-corrected chi connectivity index (χ2v) is 8.92. The topological polar surface area (TPSA) is 161 Å². The third kappa shape index (κ3) is 9.08. The van der Waals surface area contributed by atoms with Gasteiger partial charge in [0.25, 0.3) is 0 Å². The number of aliphatic hydroxyl groups is 1. The summed E-state index contributed by atoms with van der Waals surface area (Å²) < 4.78 is 10.3. The van der Waals surface area contributed by atoms with Gasteiger partial charge in [0.05, 0.1) is 12.6 Å². The van der Waals surface area contributed by atoms with Gasteiger partial charge in [-0.3, -0.25) is 19.5 Å². The van der Waals surface area contributed by atoms with Crippen LogP contribution in [0, 0.1) is 0 Å². The molecule has 2 aromatic rings. The number of hydrogen-bond acceptors (Lipinski definition) is 9. The number of amides is 3. The van der Waals surface area contributed by atoms with Gasteiger partial charge in [-0.2, -0.15) is 0 Å². The first kappa shape index (κ1) is 28.4. The molecule has 0 aliphatic rings. The van der Waals surface area contributed by atoms with Crippen LogP contribution in [-0.2, 0) is 36.9 Å². The number of esters is 1. The van der Waals surface area contributed by atoms with Gasteiger partial charge in [-0.05, 0) is 44.4 Å². The number of carbonyl (C=O) groups excluding carboxylic acids is 4. The van der Waals surface area contributed by atoms with Crippen LogP contribution >= 0.6 is 0 Å². The van der Waals surface area contributed by atoms with E-state index in [-0.39, 0.29) is 13.0 Å². The number of aromatic nitrogens is 1. The standard InChI is InChI=1S/C25H32N4O7/c1-25(2,3)36-24(34)28-14-21(31)29(22(32)19(26)12-18-10-7-11-27-13-18)20(15-30)23(33)35-16-17-8-5-4-6-9-17/h4-11,13,19-20,30H,12,14-16,26H2,1-3H3,(H,28,34)/t19-,20-/m0/s1. The molecule has 0 aliphatic heterocycles. The largest absolute Gasteiger partial charge is 0.459 e. The summed E-state index contributed by atoms with van der Waals surface area (Å²) in [5, 5.41) is 12.2. The summed E-state index contributed by atoms with van der Waals surface area (Å²) in [6.45, 7) is 3.22. The fraction of sp³-hybridized carbons (Fsp3) is 0.400. The molecular formula is C25H32N4O7. The number of benzene rings is 1.